The van der Waals surface area contributed by atoms with Crippen LogP contribution in [0.2, 0.25) is 0 Å². The Kier molecular flexibility index (Phi) is 9.91. The molecule has 0 aliphatic carbocycles. The standard InChI is InChI=1S/C14H29N.C2H6/c1-12(2)5-6-14-7-9-15(10-8-14)11-13(3)4;1-2/h12-14H,5-11H2,1-4H3;1-2H3. The highest BCUT2D eigenvalue weighted by Gasteiger charge is 2.19. The molecule has 0 aromatic heterocycles. The molecule has 1 fully saturated rings. The van der Waals surface area contributed by atoms with Gasteiger partial charge in [-0.05, 0) is 43.7 Å². The van der Waals surface area contributed by atoms with E-state index >= 15 is 0 Å². The van der Waals surface area contributed by atoms with E-state index in [1.54, 1.807) is 0 Å². The number of piperidine rings is 1. The highest BCUT2D eigenvalue weighted by atomic mass is 15.1. The Balaban J connectivity index is 0.00000121. The van der Waals surface area contributed by atoms with Gasteiger partial charge in [-0.25, -0.2) is 0 Å². The molecule has 0 saturated carbocycles. The van der Waals surface area contributed by atoms with Crippen molar-refractivity contribution in [2.24, 2.45) is 17.8 Å². The first-order valence-electron chi connectivity index (χ1n) is 7.80. The van der Waals surface area contributed by atoms with Gasteiger partial charge in [0.15, 0.2) is 0 Å². The summed E-state index contributed by atoms with van der Waals surface area (Å²) in [7, 11) is 0. The minimum absolute atomic E-state index is 0.831. The van der Waals surface area contributed by atoms with Crippen LogP contribution >= 0.6 is 0 Å². The van der Waals surface area contributed by atoms with Gasteiger partial charge in [0.1, 0.15) is 0 Å². The summed E-state index contributed by atoms with van der Waals surface area (Å²) in [5, 5.41) is 0. The molecule has 0 N–H and O–H groups in total. The van der Waals surface area contributed by atoms with Crippen LogP contribution < -0.4 is 0 Å². The summed E-state index contributed by atoms with van der Waals surface area (Å²) < 4.78 is 0. The van der Waals surface area contributed by atoms with Gasteiger partial charge in [-0.2, -0.15) is 0 Å². The molecule has 0 aromatic rings. The number of nitrogens with zero attached hydrogens (tertiary/aromatic N) is 1. The normalized spacial score (nSPS) is 18.4. The Morgan fingerprint density at radius 1 is 0.941 bits per heavy atom. The zero-order valence-corrected chi connectivity index (χ0v) is 13.1. The van der Waals surface area contributed by atoms with Crippen molar-refractivity contribution in [2.75, 3.05) is 19.6 Å². The molecule has 1 aliphatic heterocycles. The van der Waals surface area contributed by atoms with E-state index in [1.807, 2.05) is 13.8 Å². The van der Waals surface area contributed by atoms with E-state index in [0.717, 1.165) is 17.8 Å². The molecule has 0 bridgehead atoms. The first kappa shape index (κ1) is 17.0. The molecule has 104 valence electrons. The van der Waals surface area contributed by atoms with E-state index in [2.05, 4.69) is 32.6 Å². The van der Waals surface area contributed by atoms with Crippen LogP contribution in [0.4, 0.5) is 0 Å². The molecular formula is C16H35N. The first-order chi connectivity index (χ1) is 8.08. The maximum Gasteiger partial charge on any atom is 0.000439 e. The van der Waals surface area contributed by atoms with Crippen LogP contribution in [0.25, 0.3) is 0 Å². The quantitative estimate of drug-likeness (QED) is 0.667. The van der Waals surface area contributed by atoms with Crippen LogP contribution in [0.5, 0.6) is 0 Å². The van der Waals surface area contributed by atoms with Gasteiger partial charge in [0.25, 0.3) is 0 Å². The molecule has 1 rings (SSSR count). The summed E-state index contributed by atoms with van der Waals surface area (Å²) in [5.74, 6) is 2.74. The molecule has 17 heavy (non-hydrogen) atoms. The van der Waals surface area contributed by atoms with E-state index < -0.39 is 0 Å². The van der Waals surface area contributed by atoms with Crippen molar-refractivity contribution in [2.45, 2.75) is 67.2 Å². The molecular weight excluding hydrogens is 206 g/mol. The maximum atomic E-state index is 2.65. The van der Waals surface area contributed by atoms with Crippen molar-refractivity contribution in [1.82, 2.24) is 4.90 Å². The van der Waals surface area contributed by atoms with E-state index in [0.29, 0.717) is 0 Å². The molecule has 0 amide bonds. The molecule has 0 spiro atoms. The van der Waals surface area contributed by atoms with Gasteiger partial charge in [0, 0.05) is 6.54 Å². The molecule has 0 unspecified atom stereocenters. The predicted octanol–water partition coefficient (Wildman–Crippen LogP) is 4.82. The second-order valence-corrected chi connectivity index (χ2v) is 6.11. The van der Waals surface area contributed by atoms with Crippen molar-refractivity contribution >= 4 is 0 Å². The Bertz CT molecular complexity index is 155. The lowest BCUT2D eigenvalue weighted by molar-refractivity contribution is 0.160. The summed E-state index contributed by atoms with van der Waals surface area (Å²) in [4.78, 5) is 2.65. The van der Waals surface area contributed by atoms with Crippen molar-refractivity contribution in [1.29, 1.82) is 0 Å². The molecule has 0 radical (unpaired) electrons. The molecule has 1 aliphatic rings. The van der Waals surface area contributed by atoms with Crippen LogP contribution in [0.1, 0.15) is 67.2 Å². The summed E-state index contributed by atoms with van der Waals surface area (Å²) in [6.07, 6.45) is 5.78. The average Bonchev–Trinajstić information content (AvgIpc) is 2.30. The van der Waals surface area contributed by atoms with Crippen molar-refractivity contribution in [3.8, 4) is 0 Å². The highest BCUT2D eigenvalue weighted by Crippen LogP contribution is 2.24. The van der Waals surface area contributed by atoms with Crippen molar-refractivity contribution in [3.63, 3.8) is 0 Å². The van der Waals surface area contributed by atoms with Crippen LogP contribution in [0.15, 0.2) is 0 Å². The zero-order valence-electron chi connectivity index (χ0n) is 13.1. The molecule has 0 aromatic carbocycles. The fourth-order valence-electron chi connectivity index (χ4n) is 2.54. The third-order valence-corrected chi connectivity index (χ3v) is 3.48. The topological polar surface area (TPSA) is 3.24 Å². The SMILES string of the molecule is CC.CC(C)CCC1CCN(CC(C)C)CC1. The van der Waals surface area contributed by atoms with Gasteiger partial charge in [-0.1, -0.05) is 54.4 Å². The minimum Gasteiger partial charge on any atom is -0.303 e. The van der Waals surface area contributed by atoms with Gasteiger partial charge < -0.3 is 4.90 Å². The van der Waals surface area contributed by atoms with Gasteiger partial charge in [0.2, 0.25) is 0 Å². The summed E-state index contributed by atoms with van der Waals surface area (Å²) >= 11 is 0. The monoisotopic (exact) mass is 241 g/mol. The minimum atomic E-state index is 0.831. The third-order valence-electron chi connectivity index (χ3n) is 3.48. The van der Waals surface area contributed by atoms with E-state index in [1.165, 1.54) is 45.3 Å². The van der Waals surface area contributed by atoms with E-state index in [4.69, 9.17) is 0 Å². The summed E-state index contributed by atoms with van der Waals surface area (Å²) in [6, 6.07) is 0. The van der Waals surface area contributed by atoms with Crippen LogP contribution in [-0.2, 0) is 0 Å². The highest BCUT2D eigenvalue weighted by molar-refractivity contribution is 4.73. The van der Waals surface area contributed by atoms with Crippen LogP contribution in [0, 0.1) is 17.8 Å². The van der Waals surface area contributed by atoms with Crippen LogP contribution in [0.3, 0.4) is 0 Å². The fourth-order valence-corrected chi connectivity index (χ4v) is 2.54. The third kappa shape index (κ3) is 8.65. The number of rotatable bonds is 5. The molecule has 1 nitrogen and oxygen atoms in total. The van der Waals surface area contributed by atoms with E-state index in [9.17, 15) is 0 Å². The second kappa shape index (κ2) is 9.94. The predicted molar refractivity (Wildman–Crippen MR) is 79.4 cm³/mol. The number of likely N-dealkylation sites (tertiary alicyclic amines) is 1. The fraction of sp³-hybridized carbons (Fsp3) is 1.00. The molecule has 1 heterocycles. The Morgan fingerprint density at radius 2 is 1.47 bits per heavy atom. The molecule has 1 heteroatoms. The number of hydrogen-bond acceptors (Lipinski definition) is 1. The summed E-state index contributed by atoms with van der Waals surface area (Å²) in [5.41, 5.74) is 0. The lowest BCUT2D eigenvalue weighted by Gasteiger charge is -2.33. The molecule has 0 atom stereocenters. The van der Waals surface area contributed by atoms with E-state index in [-0.39, 0.29) is 0 Å². The lowest BCUT2D eigenvalue weighted by atomic mass is 9.89. The Labute approximate surface area is 110 Å². The maximum absolute atomic E-state index is 2.65. The second-order valence-electron chi connectivity index (χ2n) is 6.11. The molecule has 1 saturated heterocycles. The first-order valence-corrected chi connectivity index (χ1v) is 7.80. The van der Waals surface area contributed by atoms with Gasteiger partial charge in [0.05, 0.1) is 0 Å². The van der Waals surface area contributed by atoms with Gasteiger partial charge in [-0.3, -0.25) is 0 Å². The Hall–Kier alpha value is -0.0400. The van der Waals surface area contributed by atoms with Crippen molar-refractivity contribution in [3.05, 3.63) is 0 Å². The Morgan fingerprint density at radius 3 is 1.88 bits per heavy atom. The lowest BCUT2D eigenvalue weighted by Crippen LogP contribution is -2.36. The van der Waals surface area contributed by atoms with Crippen LogP contribution in [-0.4, -0.2) is 24.5 Å². The van der Waals surface area contributed by atoms with Crippen molar-refractivity contribution < 1.29 is 0 Å². The van der Waals surface area contributed by atoms with Gasteiger partial charge >= 0.3 is 0 Å². The smallest absolute Gasteiger partial charge is 0.000439 e. The van der Waals surface area contributed by atoms with Gasteiger partial charge in [-0.15, -0.1) is 0 Å². The summed E-state index contributed by atoms with van der Waals surface area (Å²) in [6.45, 7) is 17.3. The zero-order chi connectivity index (χ0) is 13.3. The average molecular weight is 241 g/mol. The largest absolute Gasteiger partial charge is 0.303 e. The number of hydrogen-bond donors (Lipinski definition) is 0.